The van der Waals surface area contributed by atoms with Gasteiger partial charge in [-0.2, -0.15) is 9.41 Å². The van der Waals surface area contributed by atoms with Crippen LogP contribution in [-0.4, -0.2) is 51.5 Å². The zero-order valence-electron chi connectivity index (χ0n) is 16.5. The molecule has 2 aromatic rings. The molecule has 0 heterocycles. The van der Waals surface area contributed by atoms with Gasteiger partial charge in [-0.05, 0) is 42.5 Å². The van der Waals surface area contributed by atoms with E-state index in [2.05, 4.69) is 31.8 Å². The summed E-state index contributed by atoms with van der Waals surface area (Å²) in [6.07, 6.45) is 1.40. The number of methoxy groups -OCH3 is 1. The van der Waals surface area contributed by atoms with Crippen LogP contribution < -0.4 is 15.5 Å². The van der Waals surface area contributed by atoms with Gasteiger partial charge in [-0.25, -0.2) is 13.8 Å². The average molecular weight is 497 g/mol. The van der Waals surface area contributed by atoms with Crippen molar-refractivity contribution in [2.24, 2.45) is 5.10 Å². The minimum atomic E-state index is -3.89. The number of anilines is 1. The zero-order valence-corrected chi connectivity index (χ0v) is 19.0. The largest absolute Gasteiger partial charge is 0.496 e. The summed E-state index contributed by atoms with van der Waals surface area (Å²) < 4.78 is 32.2. The summed E-state index contributed by atoms with van der Waals surface area (Å²) in [6, 6.07) is 11.0. The van der Waals surface area contributed by atoms with E-state index in [1.807, 2.05) is 0 Å². The Morgan fingerprint density at radius 3 is 2.47 bits per heavy atom. The van der Waals surface area contributed by atoms with Gasteiger partial charge in [0.15, 0.2) is 0 Å². The predicted molar refractivity (Wildman–Crippen MR) is 117 cm³/mol. The van der Waals surface area contributed by atoms with Crippen LogP contribution in [-0.2, 0) is 19.6 Å². The number of nitrogens with one attached hydrogen (secondary N) is 2. The standard InChI is InChI=1S/C19H21BrN4O5S/c1-13(25)22-16-5-7-17(8-6-16)30(27,28)24(2)12-19(26)23-21-11-14-10-15(20)4-9-18(14)29-3/h4-11H,12H2,1-3H3,(H,22,25)(H,23,26)/b21-11+. The zero-order chi connectivity index (χ0) is 22.3. The number of hydrogen-bond acceptors (Lipinski definition) is 6. The molecule has 0 aliphatic carbocycles. The van der Waals surface area contributed by atoms with Crippen molar-refractivity contribution in [3.8, 4) is 5.75 Å². The lowest BCUT2D eigenvalue weighted by atomic mass is 10.2. The minimum absolute atomic E-state index is 0.00530. The van der Waals surface area contributed by atoms with Crippen LogP contribution in [0.4, 0.5) is 5.69 Å². The van der Waals surface area contributed by atoms with Crippen LogP contribution >= 0.6 is 15.9 Å². The second-order valence-electron chi connectivity index (χ2n) is 6.15. The first-order valence-corrected chi connectivity index (χ1v) is 10.9. The van der Waals surface area contributed by atoms with E-state index in [4.69, 9.17) is 4.74 Å². The molecule has 0 aromatic heterocycles. The van der Waals surface area contributed by atoms with Crippen molar-refractivity contribution in [1.82, 2.24) is 9.73 Å². The number of carbonyl (C=O) groups is 2. The van der Waals surface area contributed by atoms with Gasteiger partial charge in [0, 0.05) is 29.7 Å². The number of ether oxygens (including phenoxy) is 1. The van der Waals surface area contributed by atoms with Crippen molar-refractivity contribution in [3.63, 3.8) is 0 Å². The van der Waals surface area contributed by atoms with Gasteiger partial charge in [-0.15, -0.1) is 0 Å². The monoisotopic (exact) mass is 496 g/mol. The summed E-state index contributed by atoms with van der Waals surface area (Å²) in [7, 11) is -1.09. The lowest BCUT2D eigenvalue weighted by Crippen LogP contribution is -2.36. The quantitative estimate of drug-likeness (QED) is 0.429. The molecule has 2 aromatic carbocycles. The molecule has 0 atom stereocenters. The summed E-state index contributed by atoms with van der Waals surface area (Å²) in [5.41, 5.74) is 3.40. The van der Waals surface area contributed by atoms with Crippen molar-refractivity contribution in [3.05, 3.63) is 52.5 Å². The Kier molecular flexibility index (Phi) is 8.09. The first-order chi connectivity index (χ1) is 14.1. The predicted octanol–water partition coefficient (Wildman–Crippen LogP) is 2.19. The highest BCUT2D eigenvalue weighted by atomic mass is 79.9. The van der Waals surface area contributed by atoms with Crippen LogP contribution in [0, 0.1) is 0 Å². The lowest BCUT2D eigenvalue weighted by molar-refractivity contribution is -0.121. The van der Waals surface area contributed by atoms with E-state index in [9.17, 15) is 18.0 Å². The van der Waals surface area contributed by atoms with Crippen LogP contribution in [0.5, 0.6) is 5.75 Å². The minimum Gasteiger partial charge on any atom is -0.496 e. The third-order valence-corrected chi connectivity index (χ3v) is 6.14. The van der Waals surface area contributed by atoms with Gasteiger partial charge in [0.2, 0.25) is 15.9 Å². The Hall–Kier alpha value is -2.76. The number of halogens is 1. The van der Waals surface area contributed by atoms with Gasteiger partial charge in [-0.3, -0.25) is 9.59 Å². The van der Waals surface area contributed by atoms with Gasteiger partial charge < -0.3 is 10.1 Å². The highest BCUT2D eigenvalue weighted by Gasteiger charge is 2.22. The van der Waals surface area contributed by atoms with E-state index in [1.165, 1.54) is 51.6 Å². The maximum absolute atomic E-state index is 12.6. The van der Waals surface area contributed by atoms with Crippen molar-refractivity contribution >= 4 is 49.7 Å². The maximum atomic E-state index is 12.6. The summed E-state index contributed by atoms with van der Waals surface area (Å²) in [4.78, 5) is 23.1. The third-order valence-electron chi connectivity index (χ3n) is 3.83. The number of nitrogens with zero attached hydrogens (tertiary/aromatic N) is 2. The second kappa shape index (κ2) is 10.3. The summed E-state index contributed by atoms with van der Waals surface area (Å²) >= 11 is 3.34. The van der Waals surface area contributed by atoms with E-state index in [0.717, 1.165) is 8.78 Å². The number of hydrogen-bond donors (Lipinski definition) is 2. The number of carbonyl (C=O) groups excluding carboxylic acids is 2. The highest BCUT2D eigenvalue weighted by molar-refractivity contribution is 9.10. The number of likely N-dealkylation sites (N-methyl/N-ethyl adjacent to an activating group) is 1. The molecule has 9 nitrogen and oxygen atoms in total. The SMILES string of the molecule is COc1ccc(Br)cc1/C=N/NC(=O)CN(C)S(=O)(=O)c1ccc(NC(C)=O)cc1. The topological polar surface area (TPSA) is 117 Å². The molecular weight excluding hydrogens is 476 g/mol. The molecule has 0 saturated heterocycles. The highest BCUT2D eigenvalue weighted by Crippen LogP contribution is 2.21. The van der Waals surface area contributed by atoms with E-state index in [0.29, 0.717) is 17.0 Å². The molecule has 0 radical (unpaired) electrons. The molecule has 30 heavy (non-hydrogen) atoms. The average Bonchev–Trinajstić information content (AvgIpc) is 2.68. The van der Waals surface area contributed by atoms with Gasteiger partial charge in [0.25, 0.3) is 5.91 Å². The molecule has 0 saturated carbocycles. The Morgan fingerprint density at radius 2 is 1.87 bits per heavy atom. The number of hydrazone groups is 1. The van der Waals surface area contributed by atoms with Crippen molar-refractivity contribution in [2.75, 3.05) is 26.0 Å². The molecule has 2 N–H and O–H groups in total. The lowest BCUT2D eigenvalue weighted by Gasteiger charge is -2.16. The van der Waals surface area contributed by atoms with Gasteiger partial charge in [0.1, 0.15) is 5.75 Å². The number of benzene rings is 2. The molecule has 11 heteroatoms. The molecule has 0 unspecified atom stereocenters. The smallest absolute Gasteiger partial charge is 0.255 e. The second-order valence-corrected chi connectivity index (χ2v) is 9.11. The Bertz CT molecular complexity index is 1060. The molecular formula is C19H21BrN4O5S. The van der Waals surface area contributed by atoms with Crippen molar-refractivity contribution < 1.29 is 22.7 Å². The first-order valence-electron chi connectivity index (χ1n) is 8.63. The molecule has 0 aliphatic rings. The van der Waals surface area contributed by atoms with Gasteiger partial charge in [-0.1, -0.05) is 15.9 Å². The molecule has 0 spiro atoms. The van der Waals surface area contributed by atoms with E-state index >= 15 is 0 Å². The fourth-order valence-corrected chi connectivity index (χ4v) is 3.90. The molecule has 2 rings (SSSR count). The van der Waals surface area contributed by atoms with Crippen LogP contribution in [0.15, 0.2) is 56.9 Å². The molecule has 0 fully saturated rings. The summed E-state index contributed by atoms with van der Waals surface area (Å²) in [5, 5.41) is 6.41. The fourth-order valence-electron chi connectivity index (χ4n) is 2.40. The number of sulfonamides is 1. The van der Waals surface area contributed by atoms with Crippen LogP contribution in [0.3, 0.4) is 0 Å². The van der Waals surface area contributed by atoms with Crippen LogP contribution in [0.2, 0.25) is 0 Å². The number of amides is 2. The third kappa shape index (κ3) is 6.37. The van der Waals surface area contributed by atoms with Crippen LogP contribution in [0.1, 0.15) is 12.5 Å². The fraction of sp³-hybridized carbons (Fsp3) is 0.211. The van der Waals surface area contributed by atoms with Crippen molar-refractivity contribution in [2.45, 2.75) is 11.8 Å². The Morgan fingerprint density at radius 1 is 1.20 bits per heavy atom. The number of rotatable bonds is 8. The Labute approximate surface area is 183 Å². The molecule has 160 valence electrons. The summed E-state index contributed by atoms with van der Waals surface area (Å²) in [5.74, 6) is -0.305. The van der Waals surface area contributed by atoms with E-state index in [-0.39, 0.29) is 10.8 Å². The molecule has 0 bridgehead atoms. The summed E-state index contributed by atoms with van der Waals surface area (Å²) in [6.45, 7) is 0.926. The molecule has 0 aliphatic heterocycles. The molecule has 2 amide bonds. The van der Waals surface area contributed by atoms with Gasteiger partial charge >= 0.3 is 0 Å². The Balaban J connectivity index is 2.00. The normalized spacial score (nSPS) is 11.5. The van der Waals surface area contributed by atoms with Crippen molar-refractivity contribution in [1.29, 1.82) is 0 Å². The first kappa shape index (κ1) is 23.5. The maximum Gasteiger partial charge on any atom is 0.255 e. The van der Waals surface area contributed by atoms with E-state index < -0.39 is 22.5 Å². The van der Waals surface area contributed by atoms with E-state index in [1.54, 1.807) is 18.2 Å². The van der Waals surface area contributed by atoms with Gasteiger partial charge in [0.05, 0.1) is 24.8 Å². The van der Waals surface area contributed by atoms with Crippen LogP contribution in [0.25, 0.3) is 0 Å².